The van der Waals surface area contributed by atoms with Crippen LogP contribution in [0.3, 0.4) is 0 Å². The summed E-state index contributed by atoms with van der Waals surface area (Å²) in [6, 6.07) is 7.34. The highest BCUT2D eigenvalue weighted by Crippen LogP contribution is 2.27. The van der Waals surface area contributed by atoms with Gasteiger partial charge in [0.1, 0.15) is 6.07 Å². The van der Waals surface area contributed by atoms with Gasteiger partial charge in [-0.05, 0) is 24.6 Å². The summed E-state index contributed by atoms with van der Waals surface area (Å²) in [5, 5.41) is 21.3. The van der Waals surface area contributed by atoms with E-state index in [0.29, 0.717) is 24.3 Å². The Morgan fingerprint density at radius 1 is 1.61 bits per heavy atom. The second kappa shape index (κ2) is 4.67. The zero-order valence-corrected chi connectivity index (χ0v) is 10.1. The number of carbonyl (C=O) groups is 1. The quantitative estimate of drug-likeness (QED) is 0.845. The molecule has 94 valence electrons. The van der Waals surface area contributed by atoms with E-state index in [4.69, 9.17) is 10.00 Å². The molecule has 1 aromatic rings. The van der Waals surface area contributed by atoms with E-state index in [1.165, 1.54) is 0 Å². The third-order valence-electron chi connectivity index (χ3n) is 3.10. The second-order valence-corrected chi connectivity index (χ2v) is 4.48. The van der Waals surface area contributed by atoms with Crippen LogP contribution in [0.15, 0.2) is 18.2 Å². The molecule has 0 aliphatic carbocycles. The first-order chi connectivity index (χ1) is 8.57. The Morgan fingerprint density at radius 3 is 2.94 bits per heavy atom. The Kier molecular flexibility index (Phi) is 3.21. The van der Waals surface area contributed by atoms with Crippen LogP contribution in [0.25, 0.3) is 0 Å². The molecule has 2 N–H and O–H groups in total. The molecular formula is C13H14N2O3. The van der Waals surface area contributed by atoms with E-state index in [1.807, 2.05) is 13.0 Å². The van der Waals surface area contributed by atoms with Gasteiger partial charge in [0.15, 0.2) is 5.54 Å². The highest BCUT2D eigenvalue weighted by molar-refractivity contribution is 5.84. The number of carboxylic acid groups (broad SMARTS) is 1. The summed E-state index contributed by atoms with van der Waals surface area (Å²) < 4.78 is 5.17. The molecule has 0 bridgehead atoms. The lowest BCUT2D eigenvalue weighted by molar-refractivity contribution is -0.142. The maximum Gasteiger partial charge on any atom is 0.331 e. The first-order valence-corrected chi connectivity index (χ1v) is 5.67. The van der Waals surface area contributed by atoms with Crippen molar-refractivity contribution in [3.05, 3.63) is 29.3 Å². The first-order valence-electron chi connectivity index (χ1n) is 5.67. The summed E-state index contributed by atoms with van der Waals surface area (Å²) in [6.45, 7) is 2.42. The number of nitrogens with zero attached hydrogens (tertiary/aromatic N) is 1. The van der Waals surface area contributed by atoms with Gasteiger partial charge in [0, 0.05) is 13.0 Å². The zero-order valence-electron chi connectivity index (χ0n) is 10.1. The van der Waals surface area contributed by atoms with Crippen molar-refractivity contribution in [3.8, 4) is 6.07 Å². The summed E-state index contributed by atoms with van der Waals surface area (Å²) >= 11 is 0. The van der Waals surface area contributed by atoms with Crippen LogP contribution in [-0.4, -0.2) is 29.8 Å². The van der Waals surface area contributed by atoms with Gasteiger partial charge in [-0.2, -0.15) is 5.26 Å². The van der Waals surface area contributed by atoms with Crippen molar-refractivity contribution in [2.75, 3.05) is 18.5 Å². The SMILES string of the molecule is Cc1ccc(C#N)c(NC2(C(=O)O)CCOC2)c1. The standard InChI is InChI=1S/C13H14N2O3/c1-9-2-3-10(7-14)11(6-9)15-13(12(16)17)4-5-18-8-13/h2-3,6,15H,4-5,8H2,1H3,(H,16,17). The number of ether oxygens (including phenoxy) is 1. The van der Waals surface area contributed by atoms with Crippen molar-refractivity contribution < 1.29 is 14.6 Å². The van der Waals surface area contributed by atoms with Crippen molar-refractivity contribution in [2.24, 2.45) is 0 Å². The topological polar surface area (TPSA) is 82.4 Å². The Balaban J connectivity index is 2.35. The molecule has 1 unspecified atom stereocenters. The van der Waals surface area contributed by atoms with E-state index in [9.17, 15) is 9.90 Å². The number of hydrogen-bond acceptors (Lipinski definition) is 4. The molecule has 5 heteroatoms. The van der Waals surface area contributed by atoms with E-state index in [0.717, 1.165) is 5.56 Å². The first kappa shape index (κ1) is 12.4. The van der Waals surface area contributed by atoms with E-state index in [-0.39, 0.29) is 6.61 Å². The average Bonchev–Trinajstić information content (AvgIpc) is 2.79. The number of hydrogen-bond donors (Lipinski definition) is 2. The number of anilines is 1. The number of nitrogens with one attached hydrogen (secondary N) is 1. The van der Waals surface area contributed by atoms with Crippen LogP contribution in [0, 0.1) is 18.3 Å². The van der Waals surface area contributed by atoms with Crippen LogP contribution in [0.2, 0.25) is 0 Å². The zero-order chi connectivity index (χ0) is 13.2. The monoisotopic (exact) mass is 246 g/mol. The van der Waals surface area contributed by atoms with E-state index < -0.39 is 11.5 Å². The fourth-order valence-corrected chi connectivity index (χ4v) is 2.00. The number of benzene rings is 1. The third-order valence-corrected chi connectivity index (χ3v) is 3.10. The molecule has 5 nitrogen and oxygen atoms in total. The minimum Gasteiger partial charge on any atom is -0.479 e. The average molecular weight is 246 g/mol. The van der Waals surface area contributed by atoms with E-state index >= 15 is 0 Å². The number of aryl methyl sites for hydroxylation is 1. The van der Waals surface area contributed by atoms with Crippen LogP contribution < -0.4 is 5.32 Å². The van der Waals surface area contributed by atoms with Crippen molar-refractivity contribution in [1.29, 1.82) is 5.26 Å². The molecule has 1 aliphatic rings. The number of rotatable bonds is 3. The Labute approximate surface area is 105 Å². The van der Waals surface area contributed by atoms with Gasteiger partial charge in [-0.25, -0.2) is 4.79 Å². The Hall–Kier alpha value is -2.06. The van der Waals surface area contributed by atoms with Gasteiger partial charge in [0.25, 0.3) is 0 Å². The largest absolute Gasteiger partial charge is 0.479 e. The van der Waals surface area contributed by atoms with Crippen molar-refractivity contribution in [3.63, 3.8) is 0 Å². The minimum atomic E-state index is -1.13. The van der Waals surface area contributed by atoms with Crippen LogP contribution >= 0.6 is 0 Å². The lowest BCUT2D eigenvalue weighted by atomic mass is 9.97. The molecule has 0 radical (unpaired) electrons. The molecule has 0 aromatic heterocycles. The van der Waals surface area contributed by atoms with Crippen LogP contribution in [0.5, 0.6) is 0 Å². The molecule has 0 amide bonds. The minimum absolute atomic E-state index is 0.112. The third kappa shape index (κ3) is 2.15. The van der Waals surface area contributed by atoms with E-state index in [1.54, 1.807) is 12.1 Å². The number of aliphatic carboxylic acids is 1. The van der Waals surface area contributed by atoms with Crippen molar-refractivity contribution in [2.45, 2.75) is 18.9 Å². The fraction of sp³-hybridized carbons (Fsp3) is 0.385. The predicted octanol–water partition coefficient (Wildman–Crippen LogP) is 1.52. The molecule has 0 saturated carbocycles. The molecule has 1 heterocycles. The number of carboxylic acids is 1. The van der Waals surface area contributed by atoms with Gasteiger partial charge in [-0.3, -0.25) is 0 Å². The van der Waals surface area contributed by atoms with Crippen LogP contribution in [0.1, 0.15) is 17.5 Å². The lowest BCUT2D eigenvalue weighted by Crippen LogP contribution is -2.47. The van der Waals surface area contributed by atoms with Gasteiger partial charge in [-0.15, -0.1) is 0 Å². The summed E-state index contributed by atoms with van der Waals surface area (Å²) in [4.78, 5) is 11.4. The molecule has 1 aromatic carbocycles. The number of nitriles is 1. The molecule has 1 saturated heterocycles. The Morgan fingerprint density at radius 2 is 2.39 bits per heavy atom. The van der Waals surface area contributed by atoms with E-state index in [2.05, 4.69) is 11.4 Å². The highest BCUT2D eigenvalue weighted by atomic mass is 16.5. The molecule has 0 spiro atoms. The van der Waals surface area contributed by atoms with Crippen LogP contribution in [0.4, 0.5) is 5.69 Å². The molecular weight excluding hydrogens is 232 g/mol. The summed E-state index contributed by atoms with van der Waals surface area (Å²) in [7, 11) is 0. The fourth-order valence-electron chi connectivity index (χ4n) is 2.00. The van der Waals surface area contributed by atoms with Crippen molar-refractivity contribution >= 4 is 11.7 Å². The van der Waals surface area contributed by atoms with Crippen LogP contribution in [-0.2, 0) is 9.53 Å². The lowest BCUT2D eigenvalue weighted by Gasteiger charge is -2.25. The molecule has 1 aliphatic heterocycles. The Bertz CT molecular complexity index is 513. The van der Waals surface area contributed by atoms with Crippen molar-refractivity contribution in [1.82, 2.24) is 0 Å². The van der Waals surface area contributed by atoms with Gasteiger partial charge >= 0.3 is 5.97 Å². The molecule has 1 fully saturated rings. The second-order valence-electron chi connectivity index (χ2n) is 4.48. The summed E-state index contributed by atoms with van der Waals surface area (Å²) in [5.41, 5.74) is 0.828. The molecule has 2 rings (SSSR count). The van der Waals surface area contributed by atoms with Gasteiger partial charge in [-0.1, -0.05) is 6.07 Å². The maximum atomic E-state index is 11.4. The van der Waals surface area contributed by atoms with Gasteiger partial charge in [0.05, 0.1) is 17.9 Å². The normalized spacial score (nSPS) is 22.4. The molecule has 1 atom stereocenters. The summed E-state index contributed by atoms with van der Waals surface area (Å²) in [5.74, 6) is -0.953. The highest BCUT2D eigenvalue weighted by Gasteiger charge is 2.42. The molecule has 18 heavy (non-hydrogen) atoms. The van der Waals surface area contributed by atoms with Gasteiger partial charge in [0.2, 0.25) is 0 Å². The van der Waals surface area contributed by atoms with Gasteiger partial charge < -0.3 is 15.2 Å². The smallest absolute Gasteiger partial charge is 0.331 e. The summed E-state index contributed by atoms with van der Waals surface area (Å²) in [6.07, 6.45) is 0.390. The predicted molar refractivity (Wildman–Crippen MR) is 65.3 cm³/mol. The maximum absolute atomic E-state index is 11.4.